The third-order valence-electron chi connectivity index (χ3n) is 5.70. The van der Waals surface area contributed by atoms with Crippen LogP contribution in [0.4, 0.5) is 5.69 Å². The lowest BCUT2D eigenvalue weighted by Gasteiger charge is -2.10. The second kappa shape index (κ2) is 9.80. The van der Waals surface area contributed by atoms with Gasteiger partial charge in [0, 0.05) is 22.2 Å². The van der Waals surface area contributed by atoms with Crippen molar-refractivity contribution in [1.82, 2.24) is 0 Å². The van der Waals surface area contributed by atoms with Crippen LogP contribution in [0, 0.1) is 6.92 Å². The van der Waals surface area contributed by atoms with Crippen molar-refractivity contribution in [3.63, 3.8) is 0 Å². The number of carbonyl (C=O) groups is 2. The van der Waals surface area contributed by atoms with Crippen molar-refractivity contribution in [2.45, 2.75) is 6.92 Å². The van der Waals surface area contributed by atoms with E-state index in [9.17, 15) is 9.59 Å². The summed E-state index contributed by atoms with van der Waals surface area (Å²) in [4.78, 5) is 26.1. The van der Waals surface area contributed by atoms with Crippen LogP contribution in [0.1, 0.15) is 32.0 Å². The number of fused-ring (bicyclic) bond motifs is 1. The number of methoxy groups -OCH3 is 4. The Hall–Kier alpha value is -4.46. The van der Waals surface area contributed by atoms with Crippen molar-refractivity contribution in [1.29, 1.82) is 0 Å². The van der Waals surface area contributed by atoms with E-state index < -0.39 is 0 Å². The fourth-order valence-corrected chi connectivity index (χ4v) is 3.81. The van der Waals surface area contributed by atoms with Crippen LogP contribution < -0.4 is 24.3 Å². The molecule has 0 aliphatic carbocycles. The first-order valence-corrected chi connectivity index (χ1v) is 10.7. The first-order chi connectivity index (χ1) is 16.9. The molecular formula is C27H25NO7. The van der Waals surface area contributed by atoms with Crippen molar-refractivity contribution in [2.24, 2.45) is 0 Å². The topological polar surface area (TPSA) is 96.2 Å². The fraction of sp³-hybridized carbons (Fsp3) is 0.185. The standard InChI is InChI=1S/C27H25NO7/c1-15-19-13-17(28-27(30)16-6-9-23(33-4)24(12-16)34-5)7-10-22(19)35-26(15)25(29)20-14-18(31-2)8-11-21(20)32-3/h6-14H,1-5H3,(H,28,30). The molecule has 1 aromatic heterocycles. The van der Waals surface area contributed by atoms with Crippen LogP contribution in [0.2, 0.25) is 0 Å². The third-order valence-corrected chi connectivity index (χ3v) is 5.70. The van der Waals surface area contributed by atoms with E-state index in [1.165, 1.54) is 28.4 Å². The minimum absolute atomic E-state index is 0.190. The highest BCUT2D eigenvalue weighted by Crippen LogP contribution is 2.33. The minimum atomic E-state index is -0.328. The monoisotopic (exact) mass is 475 g/mol. The predicted molar refractivity (Wildman–Crippen MR) is 131 cm³/mol. The molecule has 1 heterocycles. The highest BCUT2D eigenvalue weighted by Gasteiger charge is 2.23. The zero-order valence-electron chi connectivity index (χ0n) is 20.1. The van der Waals surface area contributed by atoms with Gasteiger partial charge in [-0.1, -0.05) is 0 Å². The molecule has 4 rings (SSSR count). The van der Waals surface area contributed by atoms with Crippen molar-refractivity contribution < 1.29 is 33.0 Å². The number of ketones is 1. The molecule has 0 aliphatic rings. The summed E-state index contributed by atoms with van der Waals surface area (Å²) in [6, 6.07) is 15.1. The molecule has 1 amide bonds. The molecule has 0 aliphatic heterocycles. The number of anilines is 1. The van der Waals surface area contributed by atoms with E-state index in [4.69, 9.17) is 23.4 Å². The smallest absolute Gasteiger partial charge is 0.255 e. The van der Waals surface area contributed by atoms with Gasteiger partial charge in [-0.15, -0.1) is 0 Å². The lowest BCUT2D eigenvalue weighted by atomic mass is 10.0. The number of hydrogen-bond donors (Lipinski definition) is 1. The van der Waals surface area contributed by atoms with Crippen molar-refractivity contribution in [2.75, 3.05) is 33.8 Å². The van der Waals surface area contributed by atoms with Crippen LogP contribution in [0.5, 0.6) is 23.0 Å². The van der Waals surface area contributed by atoms with Gasteiger partial charge < -0.3 is 28.7 Å². The summed E-state index contributed by atoms with van der Waals surface area (Å²) >= 11 is 0. The van der Waals surface area contributed by atoms with E-state index in [2.05, 4.69) is 5.32 Å². The third kappa shape index (κ3) is 4.50. The van der Waals surface area contributed by atoms with Gasteiger partial charge in [0.25, 0.3) is 5.91 Å². The van der Waals surface area contributed by atoms with Gasteiger partial charge in [0.1, 0.15) is 17.1 Å². The molecule has 0 spiro atoms. The Kier molecular flexibility index (Phi) is 6.64. The van der Waals surface area contributed by atoms with E-state index in [0.29, 0.717) is 56.3 Å². The van der Waals surface area contributed by atoms with Crippen LogP contribution in [0.3, 0.4) is 0 Å². The number of furan rings is 1. The number of nitrogens with one attached hydrogen (secondary N) is 1. The molecule has 1 N–H and O–H groups in total. The number of benzene rings is 3. The molecular weight excluding hydrogens is 450 g/mol. The molecule has 0 bridgehead atoms. The average molecular weight is 475 g/mol. The second-order valence-corrected chi connectivity index (χ2v) is 7.69. The maximum atomic E-state index is 13.3. The summed E-state index contributed by atoms with van der Waals surface area (Å²) in [6.07, 6.45) is 0. The van der Waals surface area contributed by atoms with Gasteiger partial charge in [-0.2, -0.15) is 0 Å². The SMILES string of the molecule is COc1ccc(OC)c(C(=O)c2oc3ccc(NC(=O)c4ccc(OC)c(OC)c4)cc3c2C)c1. The fourth-order valence-electron chi connectivity index (χ4n) is 3.81. The summed E-state index contributed by atoms with van der Waals surface area (Å²) in [7, 11) is 6.07. The van der Waals surface area contributed by atoms with E-state index in [0.717, 1.165) is 0 Å². The van der Waals surface area contributed by atoms with Gasteiger partial charge in [-0.3, -0.25) is 9.59 Å². The Bertz CT molecular complexity index is 1420. The summed E-state index contributed by atoms with van der Waals surface area (Å²) in [6.45, 7) is 1.80. The van der Waals surface area contributed by atoms with Gasteiger partial charge in [0.15, 0.2) is 17.3 Å². The number of rotatable bonds is 8. The highest BCUT2D eigenvalue weighted by molar-refractivity contribution is 6.12. The van der Waals surface area contributed by atoms with Crippen LogP contribution in [0.15, 0.2) is 59.0 Å². The molecule has 4 aromatic rings. The largest absolute Gasteiger partial charge is 0.497 e. The van der Waals surface area contributed by atoms with Gasteiger partial charge in [0.2, 0.25) is 5.78 Å². The summed E-state index contributed by atoms with van der Waals surface area (Å²) in [5, 5.41) is 3.58. The molecule has 35 heavy (non-hydrogen) atoms. The van der Waals surface area contributed by atoms with Crippen LogP contribution in [-0.2, 0) is 0 Å². The Balaban J connectivity index is 1.65. The number of amides is 1. The van der Waals surface area contributed by atoms with Crippen LogP contribution in [0.25, 0.3) is 11.0 Å². The van der Waals surface area contributed by atoms with Gasteiger partial charge >= 0.3 is 0 Å². The van der Waals surface area contributed by atoms with Crippen molar-refractivity contribution >= 4 is 28.3 Å². The Morgan fingerprint density at radius 3 is 2.17 bits per heavy atom. The zero-order chi connectivity index (χ0) is 25.1. The Labute approximate surface area is 202 Å². The van der Waals surface area contributed by atoms with Crippen molar-refractivity contribution in [3.8, 4) is 23.0 Å². The van der Waals surface area contributed by atoms with E-state index in [1.54, 1.807) is 61.5 Å². The molecule has 0 saturated carbocycles. The van der Waals surface area contributed by atoms with Gasteiger partial charge in [-0.25, -0.2) is 0 Å². The first-order valence-electron chi connectivity index (χ1n) is 10.7. The first kappa shape index (κ1) is 23.7. The minimum Gasteiger partial charge on any atom is -0.497 e. The lowest BCUT2D eigenvalue weighted by Crippen LogP contribution is -2.12. The number of ether oxygens (including phenoxy) is 4. The van der Waals surface area contributed by atoms with Crippen LogP contribution in [-0.4, -0.2) is 40.1 Å². The Morgan fingerprint density at radius 1 is 0.771 bits per heavy atom. The summed E-state index contributed by atoms with van der Waals surface area (Å²) in [5.74, 6) is 1.48. The van der Waals surface area contributed by atoms with Gasteiger partial charge in [-0.05, 0) is 61.5 Å². The molecule has 0 atom stereocenters. The molecule has 8 heteroatoms. The van der Waals surface area contributed by atoms with Crippen LogP contribution >= 0.6 is 0 Å². The average Bonchev–Trinajstić information content (AvgIpc) is 3.22. The Morgan fingerprint density at radius 2 is 1.49 bits per heavy atom. The molecule has 0 unspecified atom stereocenters. The number of aryl methyl sites for hydroxylation is 1. The lowest BCUT2D eigenvalue weighted by molar-refractivity contribution is 0.100. The molecule has 3 aromatic carbocycles. The maximum Gasteiger partial charge on any atom is 0.255 e. The second-order valence-electron chi connectivity index (χ2n) is 7.69. The molecule has 0 fully saturated rings. The number of carbonyl (C=O) groups excluding carboxylic acids is 2. The summed E-state index contributed by atoms with van der Waals surface area (Å²) in [5.41, 5.74) is 2.47. The molecule has 8 nitrogen and oxygen atoms in total. The molecule has 0 radical (unpaired) electrons. The zero-order valence-corrected chi connectivity index (χ0v) is 20.1. The van der Waals surface area contributed by atoms with E-state index in [1.807, 2.05) is 0 Å². The van der Waals surface area contributed by atoms with E-state index in [-0.39, 0.29) is 17.5 Å². The predicted octanol–water partition coefficient (Wildman–Crippen LogP) is 5.26. The van der Waals surface area contributed by atoms with Gasteiger partial charge in [0.05, 0.1) is 34.0 Å². The van der Waals surface area contributed by atoms with E-state index >= 15 is 0 Å². The summed E-state index contributed by atoms with van der Waals surface area (Å²) < 4.78 is 27.0. The molecule has 0 saturated heterocycles. The highest BCUT2D eigenvalue weighted by atomic mass is 16.5. The quantitative estimate of drug-likeness (QED) is 0.347. The number of hydrogen-bond acceptors (Lipinski definition) is 7. The van der Waals surface area contributed by atoms with Crippen molar-refractivity contribution in [3.05, 3.63) is 77.0 Å². The maximum absolute atomic E-state index is 13.3. The normalized spacial score (nSPS) is 10.7. The molecule has 180 valence electrons.